The Labute approximate surface area is 73.7 Å². The molecule has 0 N–H and O–H groups in total. The summed E-state index contributed by atoms with van der Waals surface area (Å²) in [5, 5.41) is 0. The molecule has 0 spiro atoms. The predicted molar refractivity (Wildman–Crippen MR) is 47.0 cm³/mol. The van der Waals surface area contributed by atoms with Crippen LogP contribution in [0.4, 0.5) is 4.79 Å². The van der Waals surface area contributed by atoms with Crippen LogP contribution in [0, 0.1) is 5.92 Å². The van der Waals surface area contributed by atoms with E-state index in [0.29, 0.717) is 0 Å². The van der Waals surface area contributed by atoms with Crippen molar-refractivity contribution in [3.8, 4) is 0 Å². The smallest absolute Gasteiger partial charge is 0.409 e. The van der Waals surface area contributed by atoms with Gasteiger partial charge in [-0.25, -0.2) is 4.79 Å². The van der Waals surface area contributed by atoms with Gasteiger partial charge in [-0.05, 0) is 18.8 Å². The number of carbonyl (C=O) groups is 1. The highest BCUT2D eigenvalue weighted by Gasteiger charge is 2.21. The number of carbonyl (C=O) groups excluding carboxylic acids is 1. The second kappa shape index (κ2) is 4.33. The van der Waals surface area contributed by atoms with Crippen molar-refractivity contribution < 1.29 is 9.53 Å². The molecule has 1 heterocycles. The summed E-state index contributed by atoms with van der Waals surface area (Å²) in [6.45, 7) is 3.94. The number of nitrogens with zero attached hydrogens (tertiary/aromatic N) is 1. The molecule has 70 valence electrons. The molecule has 12 heavy (non-hydrogen) atoms. The minimum absolute atomic E-state index is 0.176. The van der Waals surface area contributed by atoms with E-state index in [1.807, 2.05) is 0 Å². The third kappa shape index (κ3) is 2.13. The normalized spacial score (nSPS) is 19.3. The van der Waals surface area contributed by atoms with E-state index in [4.69, 9.17) is 0 Å². The lowest BCUT2D eigenvalue weighted by Crippen LogP contribution is -2.38. The molecular formula is C9H17NO2. The lowest BCUT2D eigenvalue weighted by molar-refractivity contribution is 0.105. The fourth-order valence-corrected chi connectivity index (χ4v) is 1.65. The molecule has 0 aliphatic carbocycles. The van der Waals surface area contributed by atoms with Gasteiger partial charge in [0.15, 0.2) is 0 Å². The molecule has 0 saturated carbocycles. The number of rotatable bonds is 1. The van der Waals surface area contributed by atoms with Gasteiger partial charge >= 0.3 is 6.09 Å². The molecule has 3 nitrogen and oxygen atoms in total. The van der Waals surface area contributed by atoms with Crippen molar-refractivity contribution in [1.29, 1.82) is 0 Å². The van der Waals surface area contributed by atoms with E-state index in [-0.39, 0.29) is 6.09 Å². The van der Waals surface area contributed by atoms with E-state index >= 15 is 0 Å². The van der Waals surface area contributed by atoms with Gasteiger partial charge < -0.3 is 9.64 Å². The topological polar surface area (TPSA) is 29.5 Å². The molecule has 1 fully saturated rings. The second-order valence-electron chi connectivity index (χ2n) is 3.31. The molecule has 0 unspecified atom stereocenters. The van der Waals surface area contributed by atoms with Crippen LogP contribution in [-0.4, -0.2) is 31.2 Å². The first-order valence-electron chi connectivity index (χ1n) is 4.60. The number of likely N-dealkylation sites (tertiary alicyclic amines) is 1. The number of amides is 1. The van der Waals surface area contributed by atoms with E-state index in [9.17, 15) is 4.79 Å². The maximum Gasteiger partial charge on any atom is 0.409 e. The highest BCUT2D eigenvalue weighted by atomic mass is 16.5. The number of hydrogen-bond acceptors (Lipinski definition) is 2. The van der Waals surface area contributed by atoms with Crippen molar-refractivity contribution in [3.63, 3.8) is 0 Å². The Morgan fingerprint density at radius 1 is 1.50 bits per heavy atom. The Bertz CT molecular complexity index is 151. The van der Waals surface area contributed by atoms with E-state index < -0.39 is 0 Å². The lowest BCUT2D eigenvalue weighted by atomic mass is 9.95. The van der Waals surface area contributed by atoms with E-state index in [1.165, 1.54) is 13.5 Å². The molecule has 0 atom stereocenters. The van der Waals surface area contributed by atoms with Gasteiger partial charge in [-0.1, -0.05) is 13.3 Å². The summed E-state index contributed by atoms with van der Waals surface area (Å²) in [7, 11) is 1.44. The molecule has 0 aromatic heterocycles. The maximum atomic E-state index is 11.1. The summed E-state index contributed by atoms with van der Waals surface area (Å²) in [6, 6.07) is 0. The first-order chi connectivity index (χ1) is 5.77. The van der Waals surface area contributed by atoms with Crippen LogP contribution in [0.3, 0.4) is 0 Å². The van der Waals surface area contributed by atoms with E-state index in [2.05, 4.69) is 11.7 Å². The van der Waals surface area contributed by atoms with Crippen molar-refractivity contribution in [1.82, 2.24) is 4.90 Å². The Morgan fingerprint density at radius 3 is 2.50 bits per heavy atom. The highest BCUT2D eigenvalue weighted by molar-refractivity contribution is 5.67. The van der Waals surface area contributed by atoms with Crippen LogP contribution in [0.25, 0.3) is 0 Å². The third-order valence-corrected chi connectivity index (χ3v) is 2.62. The van der Waals surface area contributed by atoms with Crippen molar-refractivity contribution in [3.05, 3.63) is 0 Å². The van der Waals surface area contributed by atoms with E-state index in [1.54, 1.807) is 4.90 Å². The van der Waals surface area contributed by atoms with Crippen LogP contribution >= 0.6 is 0 Å². The van der Waals surface area contributed by atoms with Gasteiger partial charge in [0.25, 0.3) is 0 Å². The maximum absolute atomic E-state index is 11.1. The van der Waals surface area contributed by atoms with Gasteiger partial charge in [-0.15, -0.1) is 0 Å². The molecule has 1 saturated heterocycles. The molecule has 1 amide bonds. The standard InChI is InChI=1S/C9H17NO2/c1-3-8-4-6-10(7-5-8)9(11)12-2/h8H,3-7H2,1-2H3. The molecule has 1 rings (SSSR count). The molecule has 0 radical (unpaired) electrons. The minimum Gasteiger partial charge on any atom is -0.453 e. The SMILES string of the molecule is CCC1CCN(C(=O)OC)CC1. The van der Waals surface area contributed by atoms with Gasteiger partial charge in [0, 0.05) is 13.1 Å². The lowest BCUT2D eigenvalue weighted by Gasteiger charge is -2.30. The van der Waals surface area contributed by atoms with E-state index in [0.717, 1.165) is 31.8 Å². The van der Waals surface area contributed by atoms with Crippen LogP contribution in [0.1, 0.15) is 26.2 Å². The monoisotopic (exact) mass is 171 g/mol. The first-order valence-corrected chi connectivity index (χ1v) is 4.60. The van der Waals surface area contributed by atoms with Gasteiger partial charge in [-0.2, -0.15) is 0 Å². The molecule has 0 aromatic carbocycles. The zero-order chi connectivity index (χ0) is 8.97. The van der Waals surface area contributed by atoms with Crippen molar-refractivity contribution in [2.45, 2.75) is 26.2 Å². The summed E-state index contributed by atoms with van der Waals surface area (Å²) in [5.41, 5.74) is 0. The Hall–Kier alpha value is -0.730. The summed E-state index contributed by atoms with van der Waals surface area (Å²) < 4.78 is 4.65. The molecule has 1 aliphatic rings. The Balaban J connectivity index is 2.30. The molecular weight excluding hydrogens is 154 g/mol. The van der Waals surface area contributed by atoms with Crippen LogP contribution < -0.4 is 0 Å². The number of methoxy groups -OCH3 is 1. The largest absolute Gasteiger partial charge is 0.453 e. The van der Waals surface area contributed by atoms with Gasteiger partial charge in [-0.3, -0.25) is 0 Å². The van der Waals surface area contributed by atoms with Gasteiger partial charge in [0.1, 0.15) is 0 Å². The predicted octanol–water partition coefficient (Wildman–Crippen LogP) is 1.87. The Morgan fingerprint density at radius 2 is 2.08 bits per heavy atom. The van der Waals surface area contributed by atoms with Crippen LogP contribution in [0.2, 0.25) is 0 Å². The highest BCUT2D eigenvalue weighted by Crippen LogP contribution is 2.19. The fourth-order valence-electron chi connectivity index (χ4n) is 1.65. The third-order valence-electron chi connectivity index (χ3n) is 2.62. The summed E-state index contributed by atoms with van der Waals surface area (Å²) in [5.74, 6) is 0.811. The first kappa shape index (κ1) is 9.36. The van der Waals surface area contributed by atoms with Gasteiger partial charge in [0.2, 0.25) is 0 Å². The average molecular weight is 171 g/mol. The van der Waals surface area contributed by atoms with Crippen LogP contribution in [0.5, 0.6) is 0 Å². The fraction of sp³-hybridized carbons (Fsp3) is 0.889. The summed E-state index contributed by atoms with van der Waals surface area (Å²) in [4.78, 5) is 12.8. The van der Waals surface area contributed by atoms with Crippen LogP contribution in [0.15, 0.2) is 0 Å². The number of ether oxygens (including phenoxy) is 1. The van der Waals surface area contributed by atoms with Gasteiger partial charge in [0.05, 0.1) is 7.11 Å². The molecule has 0 bridgehead atoms. The van der Waals surface area contributed by atoms with Crippen molar-refractivity contribution in [2.75, 3.05) is 20.2 Å². The zero-order valence-corrected chi connectivity index (χ0v) is 7.88. The summed E-state index contributed by atoms with van der Waals surface area (Å²) in [6.07, 6.45) is 3.32. The average Bonchev–Trinajstić information content (AvgIpc) is 2.17. The molecule has 0 aromatic rings. The zero-order valence-electron chi connectivity index (χ0n) is 7.88. The number of piperidine rings is 1. The Kier molecular flexibility index (Phi) is 3.38. The molecule has 3 heteroatoms. The second-order valence-corrected chi connectivity index (χ2v) is 3.31. The quantitative estimate of drug-likeness (QED) is 0.602. The minimum atomic E-state index is -0.176. The van der Waals surface area contributed by atoms with Crippen LogP contribution in [-0.2, 0) is 4.74 Å². The van der Waals surface area contributed by atoms with Crippen molar-refractivity contribution in [2.24, 2.45) is 5.92 Å². The van der Waals surface area contributed by atoms with Crippen molar-refractivity contribution >= 4 is 6.09 Å². The molecule has 1 aliphatic heterocycles. The summed E-state index contributed by atoms with van der Waals surface area (Å²) >= 11 is 0. The number of hydrogen-bond donors (Lipinski definition) is 0.